The lowest BCUT2D eigenvalue weighted by atomic mass is 9.88. The van der Waals surface area contributed by atoms with Crippen LogP contribution in [0.5, 0.6) is 0 Å². The molecule has 1 N–H and O–H groups in total. The lowest BCUT2D eigenvalue weighted by molar-refractivity contribution is 0.647. The Kier molecular flexibility index (Phi) is 10.5. The number of nitrogens with one attached hydrogen (secondary N) is 1. The van der Waals surface area contributed by atoms with Gasteiger partial charge in [0.1, 0.15) is 0 Å². The van der Waals surface area contributed by atoms with Gasteiger partial charge in [-0.2, -0.15) is 0 Å². The molecular weight excluding hydrogens is 290 g/mol. The summed E-state index contributed by atoms with van der Waals surface area (Å²) >= 11 is 0. The van der Waals surface area contributed by atoms with Crippen molar-refractivity contribution in [2.24, 2.45) is 0 Å². The molecule has 2 aromatic rings. The summed E-state index contributed by atoms with van der Waals surface area (Å²) in [6, 6.07) is 19.0. The van der Waals surface area contributed by atoms with Gasteiger partial charge >= 0.3 is 0 Å². The molecular formula is C23H33N. The summed E-state index contributed by atoms with van der Waals surface area (Å²) in [7, 11) is 0. The fraction of sp³-hybridized carbons (Fsp3) is 0.435. The van der Waals surface area contributed by atoms with Gasteiger partial charge in [-0.05, 0) is 23.1 Å². The molecule has 0 aromatic heterocycles. The van der Waals surface area contributed by atoms with Crippen molar-refractivity contribution in [1.82, 2.24) is 0 Å². The van der Waals surface area contributed by atoms with Crippen molar-refractivity contribution in [2.45, 2.75) is 65.2 Å². The zero-order chi connectivity index (χ0) is 17.6. The Morgan fingerprint density at radius 2 is 1.42 bits per heavy atom. The summed E-state index contributed by atoms with van der Waals surface area (Å²) in [6.07, 6.45) is 8.99. The predicted molar refractivity (Wildman–Crippen MR) is 108 cm³/mol. The maximum absolute atomic E-state index is 7.77. The van der Waals surface area contributed by atoms with Crippen LogP contribution in [0.4, 0.5) is 0 Å². The maximum Gasteiger partial charge on any atom is 0.0192 e. The van der Waals surface area contributed by atoms with E-state index in [1.165, 1.54) is 48.8 Å². The van der Waals surface area contributed by atoms with Crippen molar-refractivity contribution < 1.29 is 0 Å². The van der Waals surface area contributed by atoms with Crippen molar-refractivity contribution >= 4 is 6.21 Å². The normalized spacial score (nSPS) is 11.3. The SMILES string of the molecule is CCCC.CCCCCC(C=N)c1ccccc1-c1ccccc1. The van der Waals surface area contributed by atoms with E-state index in [1.54, 1.807) is 6.21 Å². The van der Waals surface area contributed by atoms with Crippen molar-refractivity contribution in [3.05, 3.63) is 60.2 Å². The molecule has 0 aliphatic heterocycles. The lowest BCUT2D eigenvalue weighted by Gasteiger charge is -2.16. The van der Waals surface area contributed by atoms with E-state index in [1.807, 2.05) is 6.07 Å². The van der Waals surface area contributed by atoms with Crippen LogP contribution in [0, 0.1) is 5.41 Å². The Labute approximate surface area is 148 Å². The minimum atomic E-state index is 0.234. The zero-order valence-electron chi connectivity index (χ0n) is 15.6. The highest BCUT2D eigenvalue weighted by Crippen LogP contribution is 2.31. The fourth-order valence-electron chi connectivity index (χ4n) is 2.64. The number of benzene rings is 2. The minimum absolute atomic E-state index is 0.234. The van der Waals surface area contributed by atoms with E-state index in [0.29, 0.717) is 0 Å². The molecule has 0 bridgehead atoms. The Bertz CT molecular complexity index is 557. The Balaban J connectivity index is 0.000000648. The molecule has 1 heteroatoms. The van der Waals surface area contributed by atoms with E-state index in [0.717, 1.165) is 6.42 Å². The van der Waals surface area contributed by atoms with Crippen LogP contribution in [0.15, 0.2) is 54.6 Å². The van der Waals surface area contributed by atoms with Gasteiger partial charge in [0.05, 0.1) is 0 Å². The molecule has 24 heavy (non-hydrogen) atoms. The van der Waals surface area contributed by atoms with Gasteiger partial charge in [-0.3, -0.25) is 0 Å². The first kappa shape index (κ1) is 20.2. The molecule has 1 atom stereocenters. The summed E-state index contributed by atoms with van der Waals surface area (Å²) in [5.41, 5.74) is 3.79. The number of hydrogen-bond donors (Lipinski definition) is 1. The van der Waals surface area contributed by atoms with Crippen LogP contribution in [0.25, 0.3) is 11.1 Å². The summed E-state index contributed by atoms with van der Waals surface area (Å²) in [4.78, 5) is 0. The number of hydrogen-bond acceptors (Lipinski definition) is 1. The van der Waals surface area contributed by atoms with E-state index < -0.39 is 0 Å². The highest BCUT2D eigenvalue weighted by Gasteiger charge is 2.13. The molecule has 0 heterocycles. The van der Waals surface area contributed by atoms with Crippen molar-refractivity contribution in [1.29, 1.82) is 5.41 Å². The smallest absolute Gasteiger partial charge is 0.0192 e. The first-order chi connectivity index (χ1) is 11.8. The monoisotopic (exact) mass is 323 g/mol. The van der Waals surface area contributed by atoms with Crippen molar-refractivity contribution in [3.63, 3.8) is 0 Å². The van der Waals surface area contributed by atoms with E-state index in [-0.39, 0.29) is 5.92 Å². The Morgan fingerprint density at radius 1 is 0.792 bits per heavy atom. The summed E-state index contributed by atoms with van der Waals surface area (Å²) in [5, 5.41) is 7.77. The molecule has 0 saturated heterocycles. The zero-order valence-corrected chi connectivity index (χ0v) is 15.6. The van der Waals surface area contributed by atoms with Crippen molar-refractivity contribution in [2.75, 3.05) is 0 Å². The molecule has 1 nitrogen and oxygen atoms in total. The summed E-state index contributed by atoms with van der Waals surface area (Å²) in [6.45, 7) is 6.58. The van der Waals surface area contributed by atoms with Gasteiger partial charge in [0.2, 0.25) is 0 Å². The molecule has 0 saturated carbocycles. The minimum Gasteiger partial charge on any atom is -0.312 e. The Hall–Kier alpha value is -1.89. The van der Waals surface area contributed by atoms with Crippen LogP contribution >= 0.6 is 0 Å². The molecule has 0 fully saturated rings. The average molecular weight is 324 g/mol. The molecule has 2 rings (SSSR count). The summed E-state index contributed by atoms with van der Waals surface area (Å²) < 4.78 is 0. The second kappa shape index (κ2) is 12.5. The Morgan fingerprint density at radius 3 is 2.00 bits per heavy atom. The van der Waals surface area contributed by atoms with E-state index in [4.69, 9.17) is 5.41 Å². The molecule has 130 valence electrons. The van der Waals surface area contributed by atoms with E-state index in [2.05, 4.69) is 69.3 Å². The predicted octanol–water partition coefficient (Wildman–Crippen LogP) is 7.47. The van der Waals surface area contributed by atoms with Crippen LogP contribution in [-0.4, -0.2) is 6.21 Å². The van der Waals surface area contributed by atoms with E-state index in [9.17, 15) is 0 Å². The second-order valence-corrected chi connectivity index (χ2v) is 6.22. The second-order valence-electron chi connectivity index (χ2n) is 6.22. The molecule has 2 aromatic carbocycles. The van der Waals surface area contributed by atoms with Crippen molar-refractivity contribution in [3.8, 4) is 11.1 Å². The number of unbranched alkanes of at least 4 members (excludes halogenated alkanes) is 3. The first-order valence-electron chi connectivity index (χ1n) is 9.43. The third-order valence-corrected chi connectivity index (χ3v) is 4.26. The largest absolute Gasteiger partial charge is 0.312 e. The van der Waals surface area contributed by atoms with Gasteiger partial charge in [0, 0.05) is 12.1 Å². The lowest BCUT2D eigenvalue weighted by Crippen LogP contribution is -2.02. The molecule has 0 radical (unpaired) electrons. The third-order valence-electron chi connectivity index (χ3n) is 4.26. The van der Waals surface area contributed by atoms with Gasteiger partial charge in [0.25, 0.3) is 0 Å². The molecule has 0 amide bonds. The van der Waals surface area contributed by atoms with Gasteiger partial charge < -0.3 is 5.41 Å². The van der Waals surface area contributed by atoms with Gasteiger partial charge in [0.15, 0.2) is 0 Å². The topological polar surface area (TPSA) is 23.9 Å². The van der Waals surface area contributed by atoms with Gasteiger partial charge in [-0.1, -0.05) is 107 Å². The molecule has 1 unspecified atom stereocenters. The average Bonchev–Trinajstić information content (AvgIpc) is 2.66. The van der Waals surface area contributed by atoms with Crippen LogP contribution in [0.2, 0.25) is 0 Å². The quantitative estimate of drug-likeness (QED) is 0.385. The first-order valence-corrected chi connectivity index (χ1v) is 9.43. The van der Waals surface area contributed by atoms with Gasteiger partial charge in [-0.15, -0.1) is 0 Å². The van der Waals surface area contributed by atoms with Crippen LogP contribution in [0.3, 0.4) is 0 Å². The van der Waals surface area contributed by atoms with Crippen LogP contribution < -0.4 is 0 Å². The van der Waals surface area contributed by atoms with Crippen LogP contribution in [-0.2, 0) is 0 Å². The maximum atomic E-state index is 7.77. The van der Waals surface area contributed by atoms with E-state index >= 15 is 0 Å². The highest BCUT2D eigenvalue weighted by molar-refractivity contribution is 5.75. The van der Waals surface area contributed by atoms with Crippen LogP contribution in [0.1, 0.15) is 70.8 Å². The molecule has 0 aliphatic rings. The molecule has 0 spiro atoms. The number of rotatable bonds is 8. The van der Waals surface area contributed by atoms with Gasteiger partial charge in [-0.25, -0.2) is 0 Å². The summed E-state index contributed by atoms with van der Waals surface area (Å²) in [5.74, 6) is 0.234. The standard InChI is InChI=1S/C19H23N.C4H10/c1-2-3-5-12-17(15-20)19-14-9-8-13-18(19)16-10-6-4-7-11-16;1-3-4-2/h4,6-11,13-15,17,20H,2-3,5,12H2,1H3;3-4H2,1-2H3. The fourth-order valence-corrected chi connectivity index (χ4v) is 2.64. The third kappa shape index (κ3) is 6.70. The molecule has 0 aliphatic carbocycles. The highest BCUT2D eigenvalue weighted by atomic mass is 14.4.